The molecule has 0 N–H and O–H groups in total. The van der Waals surface area contributed by atoms with Crippen molar-refractivity contribution in [3.05, 3.63) is 0 Å². The number of Topliss-reactive ketones (excluding diaryl/α,β-unsaturated/α-hetero) is 1. The lowest BCUT2D eigenvalue weighted by atomic mass is 9.79. The summed E-state index contributed by atoms with van der Waals surface area (Å²) < 4.78 is 0.124. The maximum atomic E-state index is 14.4. The lowest BCUT2D eigenvalue weighted by Crippen LogP contribution is -2.53. The fourth-order valence-electron chi connectivity index (χ4n) is 6.85. The number of carbonyl (C=O) groups is 1. The van der Waals surface area contributed by atoms with Gasteiger partial charge in [0.25, 0.3) is 0 Å². The van der Waals surface area contributed by atoms with E-state index in [1.807, 2.05) is 0 Å². The topological polar surface area (TPSA) is 20.3 Å². The van der Waals surface area contributed by atoms with Crippen molar-refractivity contribution >= 4 is 17.5 Å². The molecule has 0 aromatic rings. The molecule has 3 heteroatoms. The van der Waals surface area contributed by atoms with Crippen LogP contribution in [0.25, 0.3) is 0 Å². The van der Waals surface area contributed by atoms with E-state index in [0.29, 0.717) is 17.7 Å². The molecule has 1 saturated carbocycles. The van der Waals surface area contributed by atoms with Crippen LogP contribution in [0.4, 0.5) is 0 Å². The predicted octanol–water partition coefficient (Wildman–Crippen LogP) is 10.7. The van der Waals surface area contributed by atoms with Crippen LogP contribution in [0.5, 0.6) is 0 Å². The van der Waals surface area contributed by atoms with E-state index < -0.39 is 0 Å². The number of thioether (sulfide) groups is 1. The number of ketones is 1. The number of hydrogen-bond donors (Lipinski definition) is 0. The number of unbranched alkanes of at least 4 members (excludes halogenated alkanes) is 11. The minimum Gasteiger partial charge on any atom is -0.298 e. The molecule has 2 aliphatic rings. The molecule has 0 aromatic carbocycles. The molecule has 3 atom stereocenters. The lowest BCUT2D eigenvalue weighted by Gasteiger charge is -2.40. The van der Waals surface area contributed by atoms with Crippen molar-refractivity contribution in [3.8, 4) is 0 Å². The summed E-state index contributed by atoms with van der Waals surface area (Å²) in [6.45, 7) is 9.38. The molecule has 2 rings (SSSR count). The van der Waals surface area contributed by atoms with Crippen LogP contribution in [-0.4, -0.2) is 33.4 Å². The Morgan fingerprint density at radius 3 is 1.94 bits per heavy atom. The van der Waals surface area contributed by atoms with Gasteiger partial charge in [-0.2, -0.15) is 0 Å². The highest BCUT2D eigenvalue weighted by Crippen LogP contribution is 2.47. The number of carbonyl (C=O) groups excluding carboxylic acids is 1. The molecule has 2 unspecified atom stereocenters. The molecule has 0 radical (unpaired) electrons. The van der Waals surface area contributed by atoms with Gasteiger partial charge in [-0.25, -0.2) is 0 Å². The Morgan fingerprint density at radius 2 is 1.33 bits per heavy atom. The molecular formula is C33H63NOS. The molecule has 0 bridgehead atoms. The van der Waals surface area contributed by atoms with E-state index in [2.05, 4.69) is 44.4 Å². The SMILES string of the molecule is CCCCCCCC(CCCCCCC)N1CSC2(C)CCCCCCC(CCCCCC)C(=O)[C@@H]12. The van der Waals surface area contributed by atoms with Crippen molar-refractivity contribution in [1.29, 1.82) is 0 Å². The molecule has 1 heterocycles. The Kier molecular flexibility index (Phi) is 17.1. The van der Waals surface area contributed by atoms with Gasteiger partial charge in [-0.1, -0.05) is 136 Å². The second-order valence-electron chi connectivity index (χ2n) is 12.5. The summed E-state index contributed by atoms with van der Waals surface area (Å²) in [6, 6.07) is 0.772. The summed E-state index contributed by atoms with van der Waals surface area (Å²) in [7, 11) is 0. The molecule has 2 fully saturated rings. The van der Waals surface area contributed by atoms with Crippen LogP contribution >= 0.6 is 11.8 Å². The Balaban J connectivity index is 2.16. The highest BCUT2D eigenvalue weighted by Gasteiger charge is 2.51. The maximum Gasteiger partial charge on any atom is 0.154 e. The van der Waals surface area contributed by atoms with Crippen LogP contribution in [0.1, 0.15) is 175 Å². The first kappa shape index (κ1) is 32.2. The third-order valence-corrected chi connectivity index (χ3v) is 10.8. The van der Waals surface area contributed by atoms with E-state index in [4.69, 9.17) is 0 Å². The Labute approximate surface area is 230 Å². The quantitative estimate of drug-likeness (QED) is 0.167. The molecule has 212 valence electrons. The van der Waals surface area contributed by atoms with Gasteiger partial charge in [-0.05, 0) is 39.0 Å². The molecule has 1 aliphatic heterocycles. The van der Waals surface area contributed by atoms with Crippen molar-refractivity contribution in [2.24, 2.45) is 5.92 Å². The highest BCUT2D eigenvalue weighted by molar-refractivity contribution is 8.00. The summed E-state index contributed by atoms with van der Waals surface area (Å²) in [5.41, 5.74) is 0. The molecular weight excluding hydrogens is 458 g/mol. The third kappa shape index (κ3) is 11.0. The van der Waals surface area contributed by atoms with Crippen molar-refractivity contribution in [2.45, 2.75) is 192 Å². The smallest absolute Gasteiger partial charge is 0.154 e. The fraction of sp³-hybridized carbons (Fsp3) is 0.970. The number of nitrogens with zero attached hydrogens (tertiary/aromatic N) is 1. The summed E-state index contributed by atoms with van der Waals surface area (Å²) in [5, 5.41) is 0. The summed E-state index contributed by atoms with van der Waals surface area (Å²) in [6.07, 6.45) is 30.1. The van der Waals surface area contributed by atoms with E-state index in [0.717, 1.165) is 18.7 Å². The van der Waals surface area contributed by atoms with Crippen LogP contribution in [0.3, 0.4) is 0 Å². The molecule has 0 aromatic heterocycles. The zero-order valence-electron chi connectivity index (χ0n) is 25.0. The first-order chi connectivity index (χ1) is 17.6. The standard InChI is InChI=1S/C33H63NOS/c1-5-8-11-14-20-25-30(26-21-15-12-9-6-2)34-28-36-33(4)27-22-17-16-19-24-29(31(35)32(33)34)23-18-13-10-7-3/h29-30,32H,5-28H2,1-4H3/t29?,32-,33?/m1/s1. The Morgan fingerprint density at radius 1 is 0.778 bits per heavy atom. The maximum absolute atomic E-state index is 14.4. The minimum atomic E-state index is 0.124. The number of hydrogen-bond acceptors (Lipinski definition) is 3. The van der Waals surface area contributed by atoms with E-state index in [1.54, 1.807) is 0 Å². The van der Waals surface area contributed by atoms with Crippen LogP contribution in [0.2, 0.25) is 0 Å². The van der Waals surface area contributed by atoms with Gasteiger partial charge in [-0.3, -0.25) is 9.69 Å². The number of fused-ring (bicyclic) bond motifs is 1. The Bertz CT molecular complexity index is 552. The van der Waals surface area contributed by atoms with Gasteiger partial charge in [0.05, 0.1) is 6.04 Å². The lowest BCUT2D eigenvalue weighted by molar-refractivity contribution is -0.130. The predicted molar refractivity (Wildman–Crippen MR) is 162 cm³/mol. The molecule has 2 nitrogen and oxygen atoms in total. The van der Waals surface area contributed by atoms with Gasteiger partial charge in [-0.15, -0.1) is 11.8 Å². The van der Waals surface area contributed by atoms with Crippen LogP contribution in [-0.2, 0) is 4.79 Å². The fourth-order valence-corrected chi connectivity index (χ4v) is 8.35. The molecule has 0 amide bonds. The van der Waals surface area contributed by atoms with Gasteiger partial charge < -0.3 is 0 Å². The molecule has 0 spiro atoms. The second kappa shape index (κ2) is 19.1. The second-order valence-corrected chi connectivity index (χ2v) is 13.9. The van der Waals surface area contributed by atoms with Gasteiger partial charge in [0.1, 0.15) is 0 Å². The third-order valence-electron chi connectivity index (χ3n) is 9.26. The monoisotopic (exact) mass is 521 g/mol. The first-order valence-corrected chi connectivity index (χ1v) is 17.5. The van der Waals surface area contributed by atoms with Crippen LogP contribution in [0.15, 0.2) is 0 Å². The average molecular weight is 522 g/mol. The van der Waals surface area contributed by atoms with E-state index in [9.17, 15) is 4.79 Å². The van der Waals surface area contributed by atoms with Gasteiger partial charge in [0.2, 0.25) is 0 Å². The molecule has 1 aliphatic carbocycles. The van der Waals surface area contributed by atoms with Gasteiger partial charge in [0, 0.05) is 22.6 Å². The summed E-state index contributed by atoms with van der Waals surface area (Å²) in [4.78, 5) is 17.2. The van der Waals surface area contributed by atoms with Crippen molar-refractivity contribution in [3.63, 3.8) is 0 Å². The first-order valence-electron chi connectivity index (χ1n) is 16.5. The summed E-state index contributed by atoms with van der Waals surface area (Å²) in [5.74, 6) is 2.03. The Hall–Kier alpha value is -0.0200. The number of rotatable bonds is 18. The van der Waals surface area contributed by atoms with E-state index >= 15 is 0 Å². The van der Waals surface area contributed by atoms with Crippen LogP contribution < -0.4 is 0 Å². The normalized spacial score (nSPS) is 26.0. The van der Waals surface area contributed by atoms with Crippen LogP contribution in [0, 0.1) is 5.92 Å². The van der Waals surface area contributed by atoms with E-state index in [-0.39, 0.29) is 10.8 Å². The largest absolute Gasteiger partial charge is 0.298 e. The van der Waals surface area contributed by atoms with Crippen molar-refractivity contribution in [1.82, 2.24) is 4.90 Å². The van der Waals surface area contributed by atoms with Gasteiger partial charge in [0.15, 0.2) is 5.78 Å². The van der Waals surface area contributed by atoms with E-state index in [1.165, 1.54) is 135 Å². The zero-order chi connectivity index (χ0) is 26.1. The highest BCUT2D eigenvalue weighted by atomic mass is 32.2. The molecule has 1 saturated heterocycles. The molecule has 36 heavy (non-hydrogen) atoms. The summed E-state index contributed by atoms with van der Waals surface area (Å²) >= 11 is 2.14. The zero-order valence-corrected chi connectivity index (χ0v) is 25.8. The van der Waals surface area contributed by atoms with Crippen molar-refractivity contribution in [2.75, 3.05) is 5.88 Å². The minimum absolute atomic E-state index is 0.124. The van der Waals surface area contributed by atoms with Gasteiger partial charge >= 0.3 is 0 Å². The average Bonchev–Trinajstić information content (AvgIpc) is 3.22. The van der Waals surface area contributed by atoms with Crippen molar-refractivity contribution < 1.29 is 4.79 Å².